The van der Waals surface area contributed by atoms with E-state index in [1.54, 1.807) is 12.4 Å². The number of hydrogen-bond acceptors (Lipinski definition) is 4. The Morgan fingerprint density at radius 1 is 1.16 bits per heavy atom. The number of anilines is 1. The van der Waals surface area contributed by atoms with Gasteiger partial charge in [-0.25, -0.2) is 9.97 Å². The maximum atomic E-state index is 12.6. The molecule has 3 rings (SSSR count). The predicted molar refractivity (Wildman–Crippen MR) is 99.5 cm³/mol. The molecule has 0 spiro atoms. The fourth-order valence-electron chi connectivity index (χ4n) is 3.12. The number of benzene rings is 1. The van der Waals surface area contributed by atoms with Crippen molar-refractivity contribution in [2.24, 2.45) is 5.92 Å². The zero-order valence-corrected chi connectivity index (χ0v) is 15.1. The second-order valence-electron chi connectivity index (χ2n) is 6.75. The van der Waals surface area contributed by atoms with Gasteiger partial charge in [0.1, 0.15) is 0 Å². The van der Waals surface area contributed by atoms with E-state index in [1.807, 2.05) is 23.1 Å². The van der Waals surface area contributed by atoms with Crippen LogP contribution in [0.4, 0.5) is 5.95 Å². The first kappa shape index (κ1) is 17.4. The molecular formula is C20H26N4O. The van der Waals surface area contributed by atoms with Crippen LogP contribution < -0.4 is 4.90 Å². The van der Waals surface area contributed by atoms with E-state index < -0.39 is 0 Å². The molecule has 0 N–H and O–H groups in total. The number of piperidine rings is 1. The summed E-state index contributed by atoms with van der Waals surface area (Å²) in [6.07, 6.45) is 5.48. The van der Waals surface area contributed by atoms with Gasteiger partial charge >= 0.3 is 0 Å². The highest BCUT2D eigenvalue weighted by Gasteiger charge is 2.22. The molecule has 2 heterocycles. The molecule has 2 aromatic rings. The van der Waals surface area contributed by atoms with Gasteiger partial charge in [-0.3, -0.25) is 4.79 Å². The molecule has 0 aliphatic carbocycles. The maximum absolute atomic E-state index is 12.6. The summed E-state index contributed by atoms with van der Waals surface area (Å²) in [4.78, 5) is 25.5. The second-order valence-corrected chi connectivity index (χ2v) is 6.75. The van der Waals surface area contributed by atoms with Gasteiger partial charge in [0, 0.05) is 38.6 Å². The molecule has 1 aliphatic rings. The van der Waals surface area contributed by atoms with Crippen LogP contribution in [0.3, 0.4) is 0 Å². The van der Waals surface area contributed by atoms with E-state index in [1.165, 1.54) is 5.56 Å². The van der Waals surface area contributed by atoms with Gasteiger partial charge in [0.05, 0.1) is 5.56 Å². The lowest BCUT2D eigenvalue weighted by molar-refractivity contribution is 0.0696. The van der Waals surface area contributed by atoms with Crippen molar-refractivity contribution < 1.29 is 4.79 Å². The minimum Gasteiger partial charge on any atom is -0.339 e. The Kier molecular flexibility index (Phi) is 5.64. The Bertz CT molecular complexity index is 679. The highest BCUT2D eigenvalue weighted by atomic mass is 16.2. The summed E-state index contributed by atoms with van der Waals surface area (Å²) in [5.41, 5.74) is 1.80. The number of aromatic nitrogens is 2. The van der Waals surface area contributed by atoms with E-state index in [0.717, 1.165) is 39.0 Å². The van der Waals surface area contributed by atoms with Crippen molar-refractivity contribution in [3.63, 3.8) is 0 Å². The minimum absolute atomic E-state index is 0.0459. The van der Waals surface area contributed by atoms with Crippen LogP contribution in [-0.2, 0) is 6.54 Å². The van der Waals surface area contributed by atoms with Crippen molar-refractivity contribution >= 4 is 11.9 Å². The fraction of sp³-hybridized carbons (Fsp3) is 0.450. The molecule has 0 atom stereocenters. The van der Waals surface area contributed by atoms with Crippen LogP contribution in [-0.4, -0.2) is 40.4 Å². The third-order valence-electron chi connectivity index (χ3n) is 4.84. The molecule has 1 aromatic carbocycles. The highest BCUT2D eigenvalue weighted by molar-refractivity contribution is 5.93. The molecule has 5 nitrogen and oxygen atoms in total. The molecule has 1 amide bonds. The van der Waals surface area contributed by atoms with Crippen LogP contribution in [0.15, 0.2) is 42.7 Å². The lowest BCUT2D eigenvalue weighted by atomic mass is 9.99. The van der Waals surface area contributed by atoms with Crippen molar-refractivity contribution in [1.29, 1.82) is 0 Å². The topological polar surface area (TPSA) is 49.3 Å². The summed E-state index contributed by atoms with van der Waals surface area (Å²) in [7, 11) is 0. The van der Waals surface area contributed by atoms with E-state index in [-0.39, 0.29) is 5.91 Å². The molecular weight excluding hydrogens is 312 g/mol. The first-order valence-electron chi connectivity index (χ1n) is 9.07. The fourth-order valence-corrected chi connectivity index (χ4v) is 3.12. The predicted octanol–water partition coefficient (Wildman–Crippen LogP) is 3.38. The smallest absolute Gasteiger partial charge is 0.256 e. The number of carbonyl (C=O) groups is 1. The Labute approximate surface area is 149 Å². The van der Waals surface area contributed by atoms with Gasteiger partial charge in [-0.15, -0.1) is 0 Å². The number of nitrogens with zero attached hydrogens (tertiary/aromatic N) is 4. The van der Waals surface area contributed by atoms with Crippen LogP contribution in [0.5, 0.6) is 0 Å². The number of hydrogen-bond donors (Lipinski definition) is 0. The van der Waals surface area contributed by atoms with E-state index in [9.17, 15) is 4.79 Å². The molecule has 5 heteroatoms. The van der Waals surface area contributed by atoms with Gasteiger partial charge in [0.2, 0.25) is 5.95 Å². The number of carbonyl (C=O) groups excluding carboxylic acids is 1. The summed E-state index contributed by atoms with van der Waals surface area (Å²) in [6.45, 7) is 7.56. The van der Waals surface area contributed by atoms with Gasteiger partial charge in [0.25, 0.3) is 5.91 Å². The lowest BCUT2D eigenvalue weighted by Crippen LogP contribution is -2.38. The van der Waals surface area contributed by atoms with Crippen LogP contribution in [0.2, 0.25) is 0 Å². The van der Waals surface area contributed by atoms with Crippen LogP contribution in [0.1, 0.15) is 42.6 Å². The van der Waals surface area contributed by atoms with Gasteiger partial charge in [-0.2, -0.15) is 0 Å². The summed E-state index contributed by atoms with van der Waals surface area (Å²) in [5, 5.41) is 0. The largest absolute Gasteiger partial charge is 0.339 e. The first-order chi connectivity index (χ1) is 12.2. The zero-order valence-electron chi connectivity index (χ0n) is 15.1. The van der Waals surface area contributed by atoms with E-state index in [0.29, 0.717) is 17.4 Å². The third kappa shape index (κ3) is 4.35. The van der Waals surface area contributed by atoms with Crippen molar-refractivity contribution in [2.45, 2.75) is 33.2 Å². The molecule has 132 valence electrons. The molecule has 0 bridgehead atoms. The monoisotopic (exact) mass is 338 g/mol. The molecule has 1 fully saturated rings. The Balaban J connectivity index is 1.67. The Morgan fingerprint density at radius 3 is 2.40 bits per heavy atom. The quantitative estimate of drug-likeness (QED) is 0.839. The van der Waals surface area contributed by atoms with Gasteiger partial charge in [-0.05, 0) is 31.2 Å². The van der Waals surface area contributed by atoms with Crippen molar-refractivity contribution in [2.75, 3.05) is 24.5 Å². The van der Waals surface area contributed by atoms with E-state index >= 15 is 0 Å². The molecule has 0 saturated carbocycles. The summed E-state index contributed by atoms with van der Waals surface area (Å²) in [6, 6.07) is 10.3. The second kappa shape index (κ2) is 8.10. The molecule has 0 unspecified atom stereocenters. The summed E-state index contributed by atoms with van der Waals surface area (Å²) >= 11 is 0. The summed E-state index contributed by atoms with van der Waals surface area (Å²) in [5.74, 6) is 1.42. The molecule has 0 radical (unpaired) electrons. The normalized spacial score (nSPS) is 15.2. The third-order valence-corrected chi connectivity index (χ3v) is 4.84. The number of amides is 1. The highest BCUT2D eigenvalue weighted by Crippen LogP contribution is 2.18. The van der Waals surface area contributed by atoms with E-state index in [4.69, 9.17) is 0 Å². The average molecular weight is 338 g/mol. The van der Waals surface area contributed by atoms with Crippen LogP contribution >= 0.6 is 0 Å². The van der Waals surface area contributed by atoms with Crippen LogP contribution in [0, 0.1) is 5.92 Å². The molecule has 1 saturated heterocycles. The lowest BCUT2D eigenvalue weighted by Gasteiger charge is -2.30. The van der Waals surface area contributed by atoms with Gasteiger partial charge < -0.3 is 9.80 Å². The molecule has 25 heavy (non-hydrogen) atoms. The van der Waals surface area contributed by atoms with E-state index in [2.05, 4.69) is 40.8 Å². The first-order valence-corrected chi connectivity index (χ1v) is 9.07. The minimum atomic E-state index is 0.0459. The summed E-state index contributed by atoms with van der Waals surface area (Å²) < 4.78 is 0. The van der Waals surface area contributed by atoms with Crippen molar-refractivity contribution in [1.82, 2.24) is 14.9 Å². The Morgan fingerprint density at radius 2 is 1.80 bits per heavy atom. The van der Waals surface area contributed by atoms with Gasteiger partial charge in [-0.1, -0.05) is 37.3 Å². The van der Waals surface area contributed by atoms with Crippen molar-refractivity contribution in [3.8, 4) is 0 Å². The number of likely N-dealkylation sites (tertiary alicyclic amines) is 1. The molecule has 1 aliphatic heterocycles. The standard InChI is InChI=1S/C20H26N4O/c1-3-23(15-17-7-5-4-6-8-17)20-21-13-18(14-22-20)19(25)24-11-9-16(2)10-12-24/h4-8,13-14,16H,3,9-12,15H2,1-2H3. The average Bonchev–Trinajstić information content (AvgIpc) is 2.67. The molecule has 1 aromatic heterocycles. The SMILES string of the molecule is CCN(Cc1ccccc1)c1ncc(C(=O)N2CCC(C)CC2)cn1. The zero-order chi connectivity index (χ0) is 17.6. The van der Waals surface area contributed by atoms with Crippen LogP contribution in [0.25, 0.3) is 0 Å². The van der Waals surface area contributed by atoms with Gasteiger partial charge in [0.15, 0.2) is 0 Å². The van der Waals surface area contributed by atoms with Crippen molar-refractivity contribution in [3.05, 3.63) is 53.9 Å². The maximum Gasteiger partial charge on any atom is 0.256 e. The Hall–Kier alpha value is -2.43. The number of rotatable bonds is 5.